The van der Waals surface area contributed by atoms with Crippen LogP contribution >= 0.6 is 0 Å². The van der Waals surface area contributed by atoms with Gasteiger partial charge in [0.1, 0.15) is 5.84 Å². The van der Waals surface area contributed by atoms with Crippen molar-refractivity contribution >= 4 is 5.84 Å². The molecule has 0 aromatic carbocycles. The first-order valence-electron chi connectivity index (χ1n) is 5.68. The van der Waals surface area contributed by atoms with E-state index in [0.29, 0.717) is 12.1 Å². The van der Waals surface area contributed by atoms with Gasteiger partial charge in [0.05, 0.1) is 0 Å². The summed E-state index contributed by atoms with van der Waals surface area (Å²) in [7, 11) is 1.84. The van der Waals surface area contributed by atoms with Gasteiger partial charge in [0, 0.05) is 32.2 Å². The predicted molar refractivity (Wildman–Crippen MR) is 66.4 cm³/mol. The van der Waals surface area contributed by atoms with Crippen LogP contribution in [-0.2, 0) is 0 Å². The first kappa shape index (κ1) is 12.2. The summed E-state index contributed by atoms with van der Waals surface area (Å²) in [4.78, 5) is 6.62. The molecule has 1 aliphatic rings. The highest BCUT2D eigenvalue weighted by Crippen LogP contribution is 2.13. The van der Waals surface area contributed by atoms with Crippen molar-refractivity contribution in [3.05, 3.63) is 12.2 Å². The van der Waals surface area contributed by atoms with Gasteiger partial charge in [0.15, 0.2) is 0 Å². The van der Waals surface area contributed by atoms with Crippen molar-refractivity contribution in [3.8, 4) is 0 Å². The van der Waals surface area contributed by atoms with Crippen molar-refractivity contribution in [3.63, 3.8) is 0 Å². The van der Waals surface area contributed by atoms with Crippen molar-refractivity contribution in [2.45, 2.75) is 39.3 Å². The van der Waals surface area contributed by atoms with Crippen molar-refractivity contribution in [1.29, 1.82) is 0 Å². The van der Waals surface area contributed by atoms with Gasteiger partial charge < -0.3 is 10.2 Å². The zero-order chi connectivity index (χ0) is 11.4. The highest BCUT2D eigenvalue weighted by molar-refractivity contribution is 5.97. The Kier molecular flexibility index (Phi) is 4.33. The summed E-state index contributed by atoms with van der Waals surface area (Å²) in [6.45, 7) is 12.5. The standard InChI is InChI=1S/C12H23N3/c1-9(2)12(13-5)15-7-6-11(8-15)14-10(3)4/h10-11,14H,1,6-8H2,2-5H3. The van der Waals surface area contributed by atoms with Crippen molar-refractivity contribution in [2.24, 2.45) is 4.99 Å². The summed E-state index contributed by atoms with van der Waals surface area (Å²) in [5, 5.41) is 3.56. The minimum Gasteiger partial charge on any atom is -0.355 e. The molecule has 0 saturated carbocycles. The summed E-state index contributed by atoms with van der Waals surface area (Å²) < 4.78 is 0. The molecule has 0 aromatic rings. The van der Waals surface area contributed by atoms with Gasteiger partial charge in [-0.25, -0.2) is 0 Å². The smallest absolute Gasteiger partial charge is 0.125 e. The van der Waals surface area contributed by atoms with Crippen LogP contribution in [0.15, 0.2) is 17.1 Å². The van der Waals surface area contributed by atoms with Crippen molar-refractivity contribution in [1.82, 2.24) is 10.2 Å². The van der Waals surface area contributed by atoms with E-state index in [4.69, 9.17) is 0 Å². The van der Waals surface area contributed by atoms with Crippen LogP contribution in [0.1, 0.15) is 27.2 Å². The van der Waals surface area contributed by atoms with Crippen LogP contribution in [0.5, 0.6) is 0 Å². The number of nitrogens with zero attached hydrogens (tertiary/aromatic N) is 2. The molecule has 0 aliphatic carbocycles. The van der Waals surface area contributed by atoms with Crippen LogP contribution in [0.25, 0.3) is 0 Å². The van der Waals surface area contributed by atoms with Crippen LogP contribution in [-0.4, -0.2) is 43.0 Å². The van der Waals surface area contributed by atoms with Gasteiger partial charge in [-0.1, -0.05) is 20.4 Å². The van der Waals surface area contributed by atoms with Crippen LogP contribution < -0.4 is 5.32 Å². The molecule has 0 bridgehead atoms. The molecule has 1 heterocycles. The lowest BCUT2D eigenvalue weighted by Gasteiger charge is -2.21. The molecule has 1 rings (SSSR count). The Balaban J connectivity index is 2.52. The van der Waals surface area contributed by atoms with Gasteiger partial charge in [-0.2, -0.15) is 0 Å². The first-order valence-corrected chi connectivity index (χ1v) is 5.68. The second kappa shape index (κ2) is 5.31. The maximum Gasteiger partial charge on any atom is 0.125 e. The molecule has 86 valence electrons. The number of rotatable bonds is 3. The van der Waals surface area contributed by atoms with E-state index in [0.717, 1.165) is 24.5 Å². The van der Waals surface area contributed by atoms with Crippen molar-refractivity contribution in [2.75, 3.05) is 20.1 Å². The maximum absolute atomic E-state index is 4.30. The van der Waals surface area contributed by atoms with E-state index in [-0.39, 0.29) is 0 Å². The molecular weight excluding hydrogens is 186 g/mol. The number of nitrogens with one attached hydrogen (secondary N) is 1. The zero-order valence-electron chi connectivity index (χ0n) is 10.4. The van der Waals surface area contributed by atoms with Gasteiger partial charge >= 0.3 is 0 Å². The topological polar surface area (TPSA) is 27.6 Å². The van der Waals surface area contributed by atoms with E-state index in [1.165, 1.54) is 6.42 Å². The zero-order valence-corrected chi connectivity index (χ0v) is 10.4. The van der Waals surface area contributed by atoms with E-state index in [9.17, 15) is 0 Å². The number of likely N-dealkylation sites (tertiary alicyclic amines) is 1. The molecule has 1 saturated heterocycles. The molecular formula is C12H23N3. The lowest BCUT2D eigenvalue weighted by molar-refractivity contribution is 0.450. The Morgan fingerprint density at radius 1 is 1.53 bits per heavy atom. The number of hydrogen-bond acceptors (Lipinski definition) is 2. The van der Waals surface area contributed by atoms with Gasteiger partial charge in [-0.05, 0) is 18.9 Å². The summed E-state index contributed by atoms with van der Waals surface area (Å²) >= 11 is 0. The number of hydrogen-bond donors (Lipinski definition) is 1. The number of aliphatic imine (C=N–C) groups is 1. The molecule has 15 heavy (non-hydrogen) atoms. The Morgan fingerprint density at radius 2 is 2.20 bits per heavy atom. The van der Waals surface area contributed by atoms with E-state index in [1.807, 2.05) is 14.0 Å². The third-order valence-corrected chi connectivity index (χ3v) is 2.65. The van der Waals surface area contributed by atoms with E-state index in [1.54, 1.807) is 0 Å². The second-order valence-electron chi connectivity index (χ2n) is 4.58. The Bertz CT molecular complexity index is 256. The van der Waals surface area contributed by atoms with E-state index in [2.05, 4.69) is 35.6 Å². The lowest BCUT2D eigenvalue weighted by atomic mass is 10.2. The highest BCUT2D eigenvalue weighted by Gasteiger charge is 2.24. The quantitative estimate of drug-likeness (QED) is 0.565. The fourth-order valence-corrected chi connectivity index (χ4v) is 2.16. The number of amidine groups is 1. The highest BCUT2D eigenvalue weighted by atomic mass is 15.2. The summed E-state index contributed by atoms with van der Waals surface area (Å²) in [6.07, 6.45) is 1.20. The van der Waals surface area contributed by atoms with Crippen LogP contribution in [0.3, 0.4) is 0 Å². The van der Waals surface area contributed by atoms with E-state index < -0.39 is 0 Å². The maximum atomic E-state index is 4.30. The second-order valence-corrected chi connectivity index (χ2v) is 4.58. The normalized spacial score (nSPS) is 22.6. The Labute approximate surface area is 93.3 Å². The van der Waals surface area contributed by atoms with Gasteiger partial charge in [0.25, 0.3) is 0 Å². The molecule has 1 aliphatic heterocycles. The van der Waals surface area contributed by atoms with Gasteiger partial charge in [-0.15, -0.1) is 0 Å². The SMILES string of the molecule is C=C(C)C(=NC)N1CCC(NC(C)C)C1. The predicted octanol–water partition coefficient (Wildman–Crippen LogP) is 1.66. The molecule has 0 aromatic heterocycles. The molecule has 0 radical (unpaired) electrons. The third-order valence-electron chi connectivity index (χ3n) is 2.65. The molecule has 0 spiro atoms. The lowest BCUT2D eigenvalue weighted by Crippen LogP contribution is -2.38. The fourth-order valence-electron chi connectivity index (χ4n) is 2.16. The average molecular weight is 209 g/mol. The van der Waals surface area contributed by atoms with Crippen LogP contribution in [0.2, 0.25) is 0 Å². The monoisotopic (exact) mass is 209 g/mol. The molecule has 1 atom stereocenters. The van der Waals surface area contributed by atoms with Crippen LogP contribution in [0, 0.1) is 0 Å². The van der Waals surface area contributed by atoms with Gasteiger partial charge in [0.2, 0.25) is 0 Å². The minimum atomic E-state index is 0.557. The molecule has 3 nitrogen and oxygen atoms in total. The Hall–Kier alpha value is -0.830. The fraction of sp³-hybridized carbons (Fsp3) is 0.750. The summed E-state index contributed by atoms with van der Waals surface area (Å²) in [5.41, 5.74) is 1.06. The Morgan fingerprint density at radius 3 is 2.67 bits per heavy atom. The molecule has 0 amide bonds. The third kappa shape index (κ3) is 3.34. The van der Waals surface area contributed by atoms with Gasteiger partial charge in [-0.3, -0.25) is 4.99 Å². The molecule has 3 heteroatoms. The summed E-state index contributed by atoms with van der Waals surface area (Å²) in [6, 6.07) is 1.16. The minimum absolute atomic E-state index is 0.557. The largest absolute Gasteiger partial charge is 0.355 e. The molecule has 1 unspecified atom stereocenters. The molecule has 1 fully saturated rings. The average Bonchev–Trinajstić information content (AvgIpc) is 2.52. The summed E-state index contributed by atoms with van der Waals surface area (Å²) in [5.74, 6) is 1.06. The molecule has 1 N–H and O–H groups in total. The first-order chi connectivity index (χ1) is 7.04. The van der Waals surface area contributed by atoms with E-state index >= 15 is 0 Å². The van der Waals surface area contributed by atoms with Crippen molar-refractivity contribution < 1.29 is 0 Å². The van der Waals surface area contributed by atoms with Crippen LogP contribution in [0.4, 0.5) is 0 Å².